The molecule has 0 bridgehead atoms. The molecule has 0 spiro atoms. The molecule has 1 atom stereocenters. The third-order valence-corrected chi connectivity index (χ3v) is 3.79. The molecule has 0 fully saturated rings. The number of carbonyl (C=O) groups excluding carboxylic acids is 2. The van der Waals surface area contributed by atoms with Crippen LogP contribution in [0.3, 0.4) is 0 Å². The SMILES string of the molecule is CC(C)CNC(=O)C(Cc1ccccc1)NC(=O)OCc1ccccc1. The van der Waals surface area contributed by atoms with Crippen molar-refractivity contribution in [1.82, 2.24) is 10.6 Å². The van der Waals surface area contributed by atoms with Gasteiger partial charge in [-0.05, 0) is 17.0 Å². The maximum atomic E-state index is 12.5. The molecule has 0 aliphatic rings. The van der Waals surface area contributed by atoms with E-state index in [1.165, 1.54) is 0 Å². The standard InChI is InChI=1S/C21H26N2O3/c1-16(2)14-22-20(24)19(13-17-9-5-3-6-10-17)23-21(25)26-15-18-11-7-4-8-12-18/h3-12,16,19H,13-15H2,1-2H3,(H,22,24)(H,23,25). The van der Waals surface area contributed by atoms with E-state index in [1.807, 2.05) is 74.5 Å². The van der Waals surface area contributed by atoms with Crippen LogP contribution in [0.15, 0.2) is 60.7 Å². The predicted molar refractivity (Wildman–Crippen MR) is 102 cm³/mol. The lowest BCUT2D eigenvalue weighted by molar-refractivity contribution is -0.123. The minimum Gasteiger partial charge on any atom is -0.445 e. The average Bonchev–Trinajstić information content (AvgIpc) is 2.65. The quantitative estimate of drug-likeness (QED) is 0.764. The summed E-state index contributed by atoms with van der Waals surface area (Å²) in [6.07, 6.45) is -0.194. The van der Waals surface area contributed by atoms with Gasteiger partial charge in [0.15, 0.2) is 0 Å². The van der Waals surface area contributed by atoms with E-state index < -0.39 is 12.1 Å². The van der Waals surface area contributed by atoms with Crippen molar-refractivity contribution < 1.29 is 14.3 Å². The zero-order chi connectivity index (χ0) is 18.8. The van der Waals surface area contributed by atoms with Crippen LogP contribution < -0.4 is 10.6 Å². The number of carbonyl (C=O) groups is 2. The van der Waals surface area contributed by atoms with Gasteiger partial charge in [-0.15, -0.1) is 0 Å². The number of alkyl carbamates (subject to hydrolysis) is 1. The molecule has 0 saturated heterocycles. The largest absolute Gasteiger partial charge is 0.445 e. The maximum Gasteiger partial charge on any atom is 0.408 e. The third-order valence-electron chi connectivity index (χ3n) is 3.79. The Balaban J connectivity index is 1.95. The molecule has 0 radical (unpaired) electrons. The highest BCUT2D eigenvalue weighted by atomic mass is 16.5. The van der Waals surface area contributed by atoms with Gasteiger partial charge >= 0.3 is 6.09 Å². The first-order valence-electron chi connectivity index (χ1n) is 8.83. The molecule has 0 heterocycles. The number of hydrogen-bond acceptors (Lipinski definition) is 3. The minimum absolute atomic E-state index is 0.165. The Morgan fingerprint density at radius 1 is 0.923 bits per heavy atom. The molecule has 2 aromatic carbocycles. The van der Waals surface area contributed by atoms with E-state index >= 15 is 0 Å². The van der Waals surface area contributed by atoms with Crippen molar-refractivity contribution in [2.24, 2.45) is 5.92 Å². The summed E-state index contributed by atoms with van der Waals surface area (Å²) in [5.41, 5.74) is 1.87. The van der Waals surface area contributed by atoms with Crippen LogP contribution in [-0.2, 0) is 22.6 Å². The number of hydrogen-bond donors (Lipinski definition) is 2. The molecule has 2 N–H and O–H groups in total. The van der Waals surface area contributed by atoms with Crippen LogP contribution in [-0.4, -0.2) is 24.6 Å². The molecule has 2 aromatic rings. The summed E-state index contributed by atoms with van der Waals surface area (Å²) in [6.45, 7) is 4.77. The van der Waals surface area contributed by atoms with Gasteiger partial charge in [0.1, 0.15) is 12.6 Å². The Hall–Kier alpha value is -2.82. The first kappa shape index (κ1) is 19.5. The van der Waals surface area contributed by atoms with Gasteiger partial charge in [0.25, 0.3) is 0 Å². The van der Waals surface area contributed by atoms with E-state index in [1.54, 1.807) is 0 Å². The first-order valence-corrected chi connectivity index (χ1v) is 8.83. The molecule has 2 rings (SSSR count). The Morgan fingerprint density at radius 3 is 2.08 bits per heavy atom. The van der Waals surface area contributed by atoms with Crippen LogP contribution in [0.25, 0.3) is 0 Å². The highest BCUT2D eigenvalue weighted by Gasteiger charge is 2.22. The first-order chi connectivity index (χ1) is 12.5. The Kier molecular flexibility index (Phi) is 7.68. The van der Waals surface area contributed by atoms with Crippen molar-refractivity contribution in [3.8, 4) is 0 Å². The fourth-order valence-electron chi connectivity index (χ4n) is 2.39. The van der Waals surface area contributed by atoms with Gasteiger partial charge in [-0.1, -0.05) is 74.5 Å². The molecule has 1 unspecified atom stereocenters. The van der Waals surface area contributed by atoms with Crippen molar-refractivity contribution in [2.75, 3.05) is 6.54 Å². The summed E-state index contributed by atoms with van der Waals surface area (Å²) >= 11 is 0. The molecular weight excluding hydrogens is 328 g/mol. The molecule has 0 aliphatic carbocycles. The van der Waals surface area contributed by atoms with Crippen molar-refractivity contribution in [3.05, 3.63) is 71.8 Å². The minimum atomic E-state index is -0.681. The van der Waals surface area contributed by atoms with Gasteiger partial charge in [-0.25, -0.2) is 4.79 Å². The van der Waals surface area contributed by atoms with Crippen LogP contribution in [0.4, 0.5) is 4.79 Å². The van der Waals surface area contributed by atoms with Crippen LogP contribution in [0.1, 0.15) is 25.0 Å². The lowest BCUT2D eigenvalue weighted by atomic mass is 10.1. The molecule has 2 amide bonds. The highest BCUT2D eigenvalue weighted by molar-refractivity contribution is 5.85. The fraction of sp³-hybridized carbons (Fsp3) is 0.333. The van der Waals surface area contributed by atoms with Gasteiger partial charge < -0.3 is 15.4 Å². The maximum absolute atomic E-state index is 12.5. The Morgan fingerprint density at radius 2 is 1.50 bits per heavy atom. The second kappa shape index (κ2) is 10.2. The van der Waals surface area contributed by atoms with E-state index in [9.17, 15) is 9.59 Å². The molecule has 5 heteroatoms. The van der Waals surface area contributed by atoms with E-state index in [4.69, 9.17) is 4.74 Å². The predicted octanol–water partition coefficient (Wildman–Crippen LogP) is 3.30. The smallest absolute Gasteiger partial charge is 0.408 e. The van der Waals surface area contributed by atoms with Crippen LogP contribution in [0.2, 0.25) is 0 Å². The van der Waals surface area contributed by atoms with Gasteiger partial charge in [0, 0.05) is 13.0 Å². The molecular formula is C21H26N2O3. The van der Waals surface area contributed by atoms with Crippen LogP contribution in [0, 0.1) is 5.92 Å². The Labute approximate surface area is 154 Å². The number of amides is 2. The van der Waals surface area contributed by atoms with Crippen LogP contribution >= 0.6 is 0 Å². The van der Waals surface area contributed by atoms with Crippen molar-refractivity contribution >= 4 is 12.0 Å². The van der Waals surface area contributed by atoms with Crippen molar-refractivity contribution in [3.63, 3.8) is 0 Å². The van der Waals surface area contributed by atoms with Gasteiger partial charge in [0.05, 0.1) is 0 Å². The lowest BCUT2D eigenvalue weighted by Gasteiger charge is -2.19. The average molecular weight is 354 g/mol. The molecule has 26 heavy (non-hydrogen) atoms. The third kappa shape index (κ3) is 6.97. The summed E-state index contributed by atoms with van der Waals surface area (Å²) in [6, 6.07) is 18.3. The van der Waals surface area contributed by atoms with E-state index in [0.29, 0.717) is 18.9 Å². The molecule has 138 valence electrons. The fourth-order valence-corrected chi connectivity index (χ4v) is 2.39. The number of benzene rings is 2. The summed E-state index contributed by atoms with van der Waals surface area (Å²) in [5, 5.41) is 5.56. The van der Waals surface area contributed by atoms with Gasteiger partial charge in [-0.3, -0.25) is 4.79 Å². The Bertz CT molecular complexity index is 687. The second-order valence-electron chi connectivity index (χ2n) is 6.59. The number of rotatable bonds is 8. The molecule has 5 nitrogen and oxygen atoms in total. The van der Waals surface area contributed by atoms with Crippen molar-refractivity contribution in [1.29, 1.82) is 0 Å². The highest BCUT2D eigenvalue weighted by Crippen LogP contribution is 2.05. The summed E-state index contributed by atoms with van der Waals surface area (Å²) in [4.78, 5) is 24.6. The normalized spacial score (nSPS) is 11.7. The van der Waals surface area contributed by atoms with Gasteiger partial charge in [-0.2, -0.15) is 0 Å². The molecule has 0 aliphatic heterocycles. The van der Waals surface area contributed by atoms with Crippen LogP contribution in [0.5, 0.6) is 0 Å². The van der Waals surface area contributed by atoms with E-state index in [0.717, 1.165) is 11.1 Å². The summed E-state index contributed by atoms with van der Waals surface area (Å²) in [7, 11) is 0. The number of ether oxygens (including phenoxy) is 1. The zero-order valence-corrected chi connectivity index (χ0v) is 15.3. The summed E-state index contributed by atoms with van der Waals surface area (Å²) in [5.74, 6) is 0.126. The topological polar surface area (TPSA) is 67.4 Å². The number of nitrogens with one attached hydrogen (secondary N) is 2. The van der Waals surface area contributed by atoms with Crippen molar-refractivity contribution in [2.45, 2.75) is 32.9 Å². The molecule has 0 aromatic heterocycles. The van der Waals surface area contributed by atoms with E-state index in [2.05, 4.69) is 10.6 Å². The monoisotopic (exact) mass is 354 g/mol. The zero-order valence-electron chi connectivity index (χ0n) is 15.3. The molecule has 0 saturated carbocycles. The second-order valence-corrected chi connectivity index (χ2v) is 6.59. The summed E-state index contributed by atoms with van der Waals surface area (Å²) < 4.78 is 5.24. The van der Waals surface area contributed by atoms with Gasteiger partial charge in [0.2, 0.25) is 5.91 Å². The lowest BCUT2D eigenvalue weighted by Crippen LogP contribution is -2.48. The van der Waals surface area contributed by atoms with E-state index in [-0.39, 0.29) is 12.5 Å².